The second kappa shape index (κ2) is 19.9. The number of para-hydroxylation sites is 3. The standard InChI is InChI=1S/C34H39Ge2N2.C31H21N2O.Pt/c1-23-9-12-27-28-20-24(25-10-13-29-30(21-25)36(7,8)17-16-35(29,5)6)11-14-31(28)38(32(27)19-23)33-22-26(15-18-37-33)34(2,3)4;34-26-16-9-15-25(21-26)32-22-33(30-20-8-7-19-29(30)32)31-27(23-11-3-1-4-12-23)17-10-18-28(31)24-13-5-2-6-14-24;/h9-15,18,20-22H,16-17H2,1-8H3;1-20,34H;/q2*-1;/i;1D,2D,3D,4D,5D,6D,11D,12D,13D,14D;. The van der Waals surface area contributed by atoms with E-state index in [1.165, 1.54) is 49.6 Å². The molecule has 0 aliphatic carbocycles. The summed E-state index contributed by atoms with van der Waals surface area (Å²) in [6.07, 6.45) is 5.16. The van der Waals surface area contributed by atoms with E-state index in [1.54, 1.807) is 72.5 Å². The average Bonchev–Trinajstić information content (AvgIpc) is 2.40. The molecule has 366 valence electrons. The first-order valence-corrected chi connectivity index (χ1v) is 37.8. The molecule has 3 aromatic heterocycles. The van der Waals surface area contributed by atoms with Crippen molar-refractivity contribution in [1.29, 1.82) is 0 Å². The van der Waals surface area contributed by atoms with Crippen LogP contribution in [0.4, 0.5) is 0 Å². The molecule has 5 nitrogen and oxygen atoms in total. The fourth-order valence-electron chi connectivity index (χ4n) is 10.2. The summed E-state index contributed by atoms with van der Waals surface area (Å²) in [7, 11) is 0. The van der Waals surface area contributed by atoms with Crippen LogP contribution in [0.5, 0.6) is 5.75 Å². The molecule has 1 aliphatic rings. The summed E-state index contributed by atoms with van der Waals surface area (Å²) < 4.78 is 93.3. The van der Waals surface area contributed by atoms with Crippen molar-refractivity contribution in [2.75, 3.05) is 0 Å². The number of hydrogen-bond donors (Lipinski definition) is 1. The molecule has 0 saturated heterocycles. The zero-order valence-electron chi connectivity index (χ0n) is 52.1. The minimum absolute atomic E-state index is 0. The molecule has 1 N–H and O–H groups in total. The van der Waals surface area contributed by atoms with Gasteiger partial charge in [-0.15, -0.1) is 12.1 Å². The molecular weight excluding hydrogens is 1190 g/mol. The molecule has 0 amide bonds. The summed E-state index contributed by atoms with van der Waals surface area (Å²) >= 11 is -3.86. The predicted octanol–water partition coefficient (Wildman–Crippen LogP) is 14.6. The summed E-state index contributed by atoms with van der Waals surface area (Å²) in [5.74, 6) is 11.3. The van der Waals surface area contributed by atoms with Gasteiger partial charge in [-0.05, 0) is 27.9 Å². The maximum Gasteiger partial charge on any atom is 0.268 e. The van der Waals surface area contributed by atoms with Crippen molar-refractivity contribution in [3.63, 3.8) is 0 Å². The van der Waals surface area contributed by atoms with Gasteiger partial charge in [0.15, 0.2) is 0 Å². The van der Waals surface area contributed by atoms with E-state index in [2.05, 4.69) is 134 Å². The minimum atomic E-state index is -1.97. The number of phenols is 1. The van der Waals surface area contributed by atoms with Crippen molar-refractivity contribution in [1.82, 2.24) is 14.1 Å². The van der Waals surface area contributed by atoms with E-state index in [-0.39, 0.29) is 60.2 Å². The number of nitrogens with zero attached hydrogens (tertiary/aromatic N) is 4. The number of benzene rings is 8. The van der Waals surface area contributed by atoms with Crippen LogP contribution >= 0.6 is 0 Å². The van der Waals surface area contributed by atoms with Crippen molar-refractivity contribution in [2.24, 2.45) is 0 Å². The molecule has 0 atom stereocenters. The van der Waals surface area contributed by atoms with Crippen LogP contribution in [0.3, 0.4) is 0 Å². The van der Waals surface area contributed by atoms with Crippen LogP contribution in [0.15, 0.2) is 188 Å². The van der Waals surface area contributed by atoms with E-state index in [0.29, 0.717) is 16.7 Å². The van der Waals surface area contributed by atoms with Gasteiger partial charge in [-0.3, -0.25) is 4.57 Å². The maximum atomic E-state index is 10.2. The third kappa shape index (κ3) is 9.61. The molecule has 0 fully saturated rings. The number of fused-ring (bicyclic) bond motifs is 5. The van der Waals surface area contributed by atoms with Crippen molar-refractivity contribution in [3.05, 3.63) is 218 Å². The Hall–Kier alpha value is -6.25. The smallest absolute Gasteiger partial charge is 0.268 e. The van der Waals surface area contributed by atoms with Gasteiger partial charge in [0.1, 0.15) is 0 Å². The van der Waals surface area contributed by atoms with Gasteiger partial charge < -0.3 is 9.67 Å². The molecule has 0 saturated carbocycles. The second-order valence-electron chi connectivity index (χ2n) is 21.0. The number of aromatic nitrogens is 4. The van der Waals surface area contributed by atoms with E-state index in [4.69, 9.17) is 18.7 Å². The molecule has 1 aliphatic heterocycles. The zero-order chi connectivity index (χ0) is 58.6. The molecule has 0 radical (unpaired) electrons. The van der Waals surface area contributed by atoms with Crippen molar-refractivity contribution >= 4 is 68.2 Å². The van der Waals surface area contributed by atoms with Crippen molar-refractivity contribution in [2.45, 2.75) is 66.6 Å². The molecule has 0 bridgehead atoms. The number of aromatic hydroxyl groups is 1. The Labute approximate surface area is 464 Å². The first-order chi connectivity index (χ1) is 38.8. The molecule has 8 aromatic carbocycles. The quantitative estimate of drug-likeness (QED) is 0.102. The summed E-state index contributed by atoms with van der Waals surface area (Å²) in [5, 5.41) is 15.7. The molecule has 12 rings (SSSR count). The van der Waals surface area contributed by atoms with E-state index in [1.807, 2.05) is 6.20 Å². The Kier molecular flexibility index (Phi) is 10.7. The Morgan fingerprint density at radius 1 is 0.630 bits per heavy atom. The van der Waals surface area contributed by atoms with Gasteiger partial charge in [0.05, 0.1) is 30.4 Å². The second-order valence-corrected chi connectivity index (χ2v) is 41.2. The summed E-state index contributed by atoms with van der Waals surface area (Å²) in [6, 6.07) is 41.2. The molecule has 73 heavy (non-hydrogen) atoms. The summed E-state index contributed by atoms with van der Waals surface area (Å²) in [5.41, 5.74) is 9.20. The fourth-order valence-corrected chi connectivity index (χ4v) is 40.6. The van der Waals surface area contributed by atoms with Crippen LogP contribution in [0.1, 0.15) is 45.6 Å². The normalized spacial score (nSPS) is 15.7. The number of aryl methyl sites for hydroxylation is 1. The van der Waals surface area contributed by atoms with Gasteiger partial charge in [-0.25, -0.2) is 0 Å². The third-order valence-corrected chi connectivity index (χ3v) is 31.7. The summed E-state index contributed by atoms with van der Waals surface area (Å²) in [6.45, 7) is 8.90. The first kappa shape index (κ1) is 39.2. The fraction of sp³-hybridized carbons (Fsp3) is 0.169. The Balaban J connectivity index is 0.000000185. The molecule has 4 heterocycles. The molecule has 0 unspecified atom stereocenters. The molecule has 0 spiro atoms. The average molecular weight is 1260 g/mol. The predicted molar refractivity (Wildman–Crippen MR) is 305 cm³/mol. The van der Waals surface area contributed by atoms with Crippen LogP contribution in [0.25, 0.3) is 83.4 Å². The van der Waals surface area contributed by atoms with E-state index < -0.39 is 87.0 Å². The Morgan fingerprint density at radius 3 is 1.96 bits per heavy atom. The summed E-state index contributed by atoms with van der Waals surface area (Å²) in [4.78, 5) is 4.84. The van der Waals surface area contributed by atoms with Crippen LogP contribution in [0.2, 0.25) is 33.5 Å². The van der Waals surface area contributed by atoms with Crippen LogP contribution in [0, 0.1) is 25.4 Å². The van der Waals surface area contributed by atoms with E-state index in [9.17, 15) is 5.11 Å². The molecule has 8 heteroatoms. The maximum absolute atomic E-state index is 10.2. The molecular formula is C65H60Ge2N4OPt-2. The third-order valence-electron chi connectivity index (χ3n) is 14.2. The topological polar surface area (TPSA) is 46.9 Å². The van der Waals surface area contributed by atoms with Crippen molar-refractivity contribution < 1.29 is 44.4 Å². The Bertz CT molecular complexity index is 4310. The van der Waals surface area contributed by atoms with Gasteiger partial charge >= 0.3 is 214 Å². The number of rotatable bonds is 6. The monoisotopic (exact) mass is 1270 g/mol. The van der Waals surface area contributed by atoms with Gasteiger partial charge in [0.25, 0.3) is 6.33 Å². The van der Waals surface area contributed by atoms with Gasteiger partial charge in [0.2, 0.25) is 0 Å². The minimum Gasteiger partial charge on any atom is -0.534 e. The number of hydrogen-bond acceptors (Lipinski definition) is 2. The SMILES string of the molecule is Cc1[c-]c2c(cc1)c1cc(-c3cc[c]4[c](c3)[Ge]([CH3])([CH3])[CH2][CH2][Ge]4([CH3])[CH3])ccc1n2-c1cc(C(C)(C)C)ccn1.[2H]c1c([2H])c([2H])c(-c2cccc(-c3c([2H])c([2H])c([2H])c([2H])c3[2H])c2-[n+]2[c-]n(-c3[c-]c(O)ccc3)c3ccccc32)c([2H])c1[2H].[Pt]. The van der Waals surface area contributed by atoms with E-state index in [0.717, 1.165) is 16.9 Å². The zero-order valence-corrected chi connectivity index (χ0v) is 48.6. The largest absolute Gasteiger partial charge is 0.534 e. The number of pyridine rings is 1. The molecule has 11 aromatic rings. The van der Waals surface area contributed by atoms with Crippen LogP contribution in [-0.2, 0) is 26.5 Å². The van der Waals surface area contributed by atoms with Gasteiger partial charge in [0, 0.05) is 26.8 Å². The van der Waals surface area contributed by atoms with Gasteiger partial charge in [-0.2, -0.15) is 12.1 Å². The van der Waals surface area contributed by atoms with Crippen LogP contribution < -0.4 is 13.4 Å². The van der Waals surface area contributed by atoms with Crippen LogP contribution in [-0.4, -0.2) is 45.8 Å². The number of imidazole rings is 1. The first-order valence-electron chi connectivity index (χ1n) is 29.3. The number of phenolic OH excluding ortho intramolecular Hbond substituents is 1. The van der Waals surface area contributed by atoms with Gasteiger partial charge in [-0.1, -0.05) is 124 Å². The van der Waals surface area contributed by atoms with Crippen molar-refractivity contribution in [3.8, 4) is 56.3 Å². The van der Waals surface area contributed by atoms with E-state index >= 15 is 0 Å². The Morgan fingerprint density at radius 2 is 1.27 bits per heavy atom.